The number of thioether (sulfide) groups is 1. The number of piperidine rings is 1. The number of carboxylic acid groups (broad SMARTS) is 3. The molecule has 26 nitrogen and oxygen atoms in total. The summed E-state index contributed by atoms with van der Waals surface area (Å²) < 4.78 is 35.6. The van der Waals surface area contributed by atoms with Crippen LogP contribution in [0.1, 0.15) is 93.0 Å². The number of nitrogens with zero attached hydrogens (tertiary/aromatic N) is 9. The molecule has 0 spiro atoms. The molecule has 0 radical (unpaired) electrons. The van der Waals surface area contributed by atoms with E-state index in [0.29, 0.717) is 87.8 Å². The van der Waals surface area contributed by atoms with Crippen molar-refractivity contribution in [2.24, 2.45) is 10.9 Å². The van der Waals surface area contributed by atoms with Crippen molar-refractivity contribution in [3.63, 3.8) is 0 Å². The molecule has 0 saturated carbocycles. The number of amides is 7. The van der Waals surface area contributed by atoms with Crippen molar-refractivity contribution in [2.45, 2.75) is 106 Å². The number of pyridine rings is 1. The molecule has 1 unspecified atom stereocenters. The van der Waals surface area contributed by atoms with Gasteiger partial charge in [-0.25, -0.2) is 8.78 Å². The van der Waals surface area contributed by atoms with Crippen molar-refractivity contribution in [2.75, 3.05) is 138 Å². The lowest BCUT2D eigenvalue weighted by atomic mass is 9.92. The number of aromatic nitrogens is 1. The van der Waals surface area contributed by atoms with Crippen LogP contribution in [0.4, 0.5) is 8.78 Å². The number of aliphatic carboxylic acids is 3. The number of benzene rings is 2. The summed E-state index contributed by atoms with van der Waals surface area (Å²) in [5.41, 5.74) is 1.91. The molecule has 5 heterocycles. The third kappa shape index (κ3) is 25.5. The number of ether oxygens (including phenoxy) is 1. The van der Waals surface area contributed by atoms with E-state index in [4.69, 9.17) is 4.74 Å². The normalized spacial score (nSPS) is 19.3. The van der Waals surface area contributed by atoms with Gasteiger partial charge in [-0.3, -0.25) is 82.4 Å². The highest BCUT2D eigenvalue weighted by Gasteiger charge is 2.46. The standard InChI is InChI=1S/C65H89F2IN12O14S/c1-69-36-48-35-65(66,67)44-80(48)58(84)38-73-63(92)51-17-21-70-53-16-15-49(33-52(51)53)94-32-6-8-46-18-22-78(23-19-46)59(85)40-79-57(83)34-54(64(79)93)95-50(9-3-2-4-20-71-55(81)10-5-7-45-11-13-47(68)14-12-45)37-72-56(82)39-74-24-26-75(41-60(86)87)28-30-77(43-62(90)91)31-29-76(27-25-74)42-61(88)89/h11-17,21,33,36,46,48,50,54H,2-10,18-20,22-32,34-35,37-44H2,1H3,(H,71,81)(H,72,82)(H,73,92)(H,86,87)(H,88,89)(H,90,91)/b69-36+/t48-,50-,54?/m1/s1. The number of aryl methyl sites for hydroxylation is 1. The van der Waals surface area contributed by atoms with Crippen LogP contribution in [-0.2, 0) is 49.6 Å². The zero-order chi connectivity index (χ0) is 68.4. The molecule has 0 aliphatic carbocycles. The largest absolute Gasteiger partial charge is 0.494 e. The number of carbonyl (C=O) groups is 10. The van der Waals surface area contributed by atoms with Crippen molar-refractivity contribution in [1.29, 1.82) is 0 Å². The molecule has 7 amide bonds. The second-order valence-electron chi connectivity index (χ2n) is 24.6. The van der Waals surface area contributed by atoms with Crippen LogP contribution in [-0.4, -0.2) is 281 Å². The Balaban J connectivity index is 0.880. The molecule has 7 rings (SSSR count). The van der Waals surface area contributed by atoms with E-state index in [1.165, 1.54) is 42.9 Å². The third-order valence-corrected chi connectivity index (χ3v) is 19.6. The van der Waals surface area contributed by atoms with Gasteiger partial charge >= 0.3 is 17.9 Å². The van der Waals surface area contributed by atoms with E-state index in [2.05, 4.69) is 60.7 Å². The predicted molar refractivity (Wildman–Crippen MR) is 359 cm³/mol. The average Bonchev–Trinajstić information content (AvgIpc) is 1.79. The quantitative estimate of drug-likeness (QED) is 0.0220. The Kier molecular flexibility index (Phi) is 30.2. The molecule has 4 aliphatic rings. The van der Waals surface area contributed by atoms with Gasteiger partial charge in [-0.1, -0.05) is 25.0 Å². The predicted octanol–water partition coefficient (Wildman–Crippen LogP) is 3.42. The van der Waals surface area contributed by atoms with E-state index < -0.39 is 84.8 Å². The second kappa shape index (κ2) is 38.1. The number of aliphatic imine (C=N–C) groups is 1. The maximum atomic E-state index is 14.2. The van der Waals surface area contributed by atoms with Crippen LogP contribution in [0.3, 0.4) is 0 Å². The maximum absolute atomic E-state index is 14.2. The van der Waals surface area contributed by atoms with Crippen molar-refractivity contribution in [3.8, 4) is 5.75 Å². The zero-order valence-electron chi connectivity index (χ0n) is 53.8. The number of hydrogen-bond acceptors (Lipinski definition) is 18. The molecule has 2 aromatic carbocycles. The van der Waals surface area contributed by atoms with Crippen LogP contribution in [0.15, 0.2) is 59.7 Å². The Morgan fingerprint density at radius 2 is 1.38 bits per heavy atom. The van der Waals surface area contributed by atoms with Gasteiger partial charge < -0.3 is 45.8 Å². The molecule has 3 aromatic rings. The van der Waals surface area contributed by atoms with Gasteiger partial charge in [0.1, 0.15) is 12.3 Å². The molecule has 6 N–H and O–H groups in total. The minimum atomic E-state index is -3.06. The third-order valence-electron chi connectivity index (χ3n) is 17.4. The number of alkyl halides is 2. The highest BCUT2D eigenvalue weighted by atomic mass is 127. The van der Waals surface area contributed by atoms with Crippen LogP contribution in [0.2, 0.25) is 0 Å². The van der Waals surface area contributed by atoms with Crippen LogP contribution < -0.4 is 20.7 Å². The number of nitrogens with one attached hydrogen (secondary N) is 3. The second-order valence-corrected chi connectivity index (χ2v) is 27.4. The molecule has 520 valence electrons. The summed E-state index contributed by atoms with van der Waals surface area (Å²) >= 11 is 3.54. The van der Waals surface area contributed by atoms with Gasteiger partial charge in [0.25, 0.3) is 11.8 Å². The smallest absolute Gasteiger partial charge is 0.317 e. The fourth-order valence-electron chi connectivity index (χ4n) is 12.2. The molecule has 95 heavy (non-hydrogen) atoms. The summed E-state index contributed by atoms with van der Waals surface area (Å²) in [6.07, 6.45) is 9.55. The monoisotopic (exact) mass is 1460 g/mol. The summed E-state index contributed by atoms with van der Waals surface area (Å²) in [6, 6.07) is 14.0. The fourth-order valence-corrected chi connectivity index (χ4v) is 14.0. The van der Waals surface area contributed by atoms with E-state index in [-0.39, 0.29) is 126 Å². The first-order valence-corrected chi connectivity index (χ1v) is 34.5. The van der Waals surface area contributed by atoms with Crippen molar-refractivity contribution in [1.82, 2.24) is 55.2 Å². The molecular weight excluding hydrogens is 1370 g/mol. The van der Waals surface area contributed by atoms with Crippen molar-refractivity contribution < 1.29 is 76.8 Å². The number of rotatable bonds is 33. The van der Waals surface area contributed by atoms with E-state index in [9.17, 15) is 72.0 Å². The van der Waals surface area contributed by atoms with Crippen LogP contribution in [0.25, 0.3) is 10.9 Å². The molecule has 4 fully saturated rings. The average molecular weight is 1460 g/mol. The Morgan fingerprint density at radius 3 is 2.00 bits per heavy atom. The van der Waals surface area contributed by atoms with E-state index in [0.717, 1.165) is 39.1 Å². The Hall–Kier alpha value is -7.00. The Bertz CT molecular complexity index is 3130. The number of halogens is 3. The minimum Gasteiger partial charge on any atom is -0.494 e. The van der Waals surface area contributed by atoms with Crippen molar-refractivity contribution >= 4 is 111 Å². The summed E-state index contributed by atoms with van der Waals surface area (Å²) in [5, 5.41) is 36.8. The van der Waals surface area contributed by atoms with Crippen LogP contribution >= 0.6 is 34.4 Å². The van der Waals surface area contributed by atoms with Gasteiger partial charge in [0.15, 0.2) is 0 Å². The number of carboxylic acids is 3. The highest BCUT2D eigenvalue weighted by Crippen LogP contribution is 2.33. The van der Waals surface area contributed by atoms with Gasteiger partial charge in [-0.2, -0.15) is 0 Å². The SMILES string of the molecule is C/N=C/[C@H]1CC(F)(F)CN1C(=O)CNC(=O)c1ccnc2ccc(OCCCC3CCN(C(=O)CN4C(=O)CC(S[C@H](CCCCCNC(=O)CCCc5ccc(I)cc5)CNC(=O)CN5CCN(CC(=O)O)CCN(CC(=O)O)CCN(CC(=O)O)CC5)C4=O)CC3)cc12. The number of hydrogen-bond donors (Lipinski definition) is 6. The molecule has 1 aromatic heterocycles. The number of carbonyl (C=O) groups excluding carboxylic acids is 7. The van der Waals surface area contributed by atoms with E-state index >= 15 is 0 Å². The molecule has 3 atom stereocenters. The zero-order valence-corrected chi connectivity index (χ0v) is 56.8. The Morgan fingerprint density at radius 1 is 0.747 bits per heavy atom. The first-order chi connectivity index (χ1) is 45.5. The number of fused-ring (bicyclic) bond motifs is 1. The van der Waals surface area contributed by atoms with Gasteiger partial charge in [0.2, 0.25) is 35.4 Å². The van der Waals surface area contributed by atoms with E-state index in [1.54, 1.807) is 37.8 Å². The fraction of sp³-hybridized carbons (Fsp3) is 0.600. The summed E-state index contributed by atoms with van der Waals surface area (Å²) in [6.45, 7) is 0.984. The van der Waals surface area contributed by atoms with Gasteiger partial charge in [-0.05, 0) is 122 Å². The number of imide groups is 1. The van der Waals surface area contributed by atoms with Gasteiger partial charge in [-0.15, -0.1) is 11.8 Å². The molecule has 4 aliphatic heterocycles. The molecule has 30 heteroatoms. The van der Waals surface area contributed by atoms with Crippen molar-refractivity contribution in [3.05, 3.63) is 69.4 Å². The summed E-state index contributed by atoms with van der Waals surface area (Å²) in [4.78, 5) is 148. The molecular formula is C65H89F2IN12O14S. The lowest BCUT2D eigenvalue weighted by Gasteiger charge is -2.33. The first kappa shape index (κ1) is 75.4. The minimum absolute atomic E-state index is 0.0287. The van der Waals surface area contributed by atoms with Gasteiger partial charge in [0, 0.05) is 131 Å². The highest BCUT2D eigenvalue weighted by molar-refractivity contribution is 14.1. The molecule has 4 saturated heterocycles. The lowest BCUT2D eigenvalue weighted by Crippen LogP contribution is -2.50. The molecule has 0 bridgehead atoms. The summed E-state index contributed by atoms with van der Waals surface area (Å²) in [5.74, 6) is -8.41. The maximum Gasteiger partial charge on any atom is 0.317 e. The Labute approximate surface area is 569 Å². The van der Waals surface area contributed by atoms with Crippen LogP contribution in [0.5, 0.6) is 5.75 Å². The van der Waals surface area contributed by atoms with E-state index in [1.807, 2.05) is 17.0 Å². The lowest BCUT2D eigenvalue weighted by molar-refractivity contribution is -0.146. The van der Waals surface area contributed by atoms with Crippen LogP contribution in [0, 0.1) is 9.49 Å². The topological polar surface area (TPSA) is 325 Å². The number of likely N-dealkylation sites (tertiary alicyclic amines) is 3. The summed E-state index contributed by atoms with van der Waals surface area (Å²) in [7, 11) is 1.44. The number of unbranched alkanes of at least 4 members (excludes halogenated alkanes) is 2. The van der Waals surface area contributed by atoms with Gasteiger partial charge in [0.05, 0.1) is 68.2 Å². The first-order valence-electron chi connectivity index (χ1n) is 32.5.